The zero-order chi connectivity index (χ0) is 25.4. The Labute approximate surface area is 206 Å². The largest absolute Gasteiger partial charge is 0.507 e. The van der Waals surface area contributed by atoms with Gasteiger partial charge in [-0.2, -0.15) is 0 Å². The Kier molecular flexibility index (Phi) is 8.86. The van der Waals surface area contributed by atoms with Crippen LogP contribution in [0.1, 0.15) is 36.2 Å². The lowest BCUT2D eigenvalue weighted by molar-refractivity contribution is 0.0301. The van der Waals surface area contributed by atoms with Gasteiger partial charge in [-0.3, -0.25) is 4.79 Å². The second kappa shape index (κ2) is 12.0. The van der Waals surface area contributed by atoms with Crippen LogP contribution in [0.5, 0.6) is 5.75 Å². The number of carbonyl (C=O) groups excluding carboxylic acids is 1. The van der Waals surface area contributed by atoms with Crippen LogP contribution in [0.3, 0.4) is 0 Å². The number of aromatic nitrogens is 2. The average Bonchev–Trinajstić information content (AvgIpc) is 3.33. The van der Waals surface area contributed by atoms with Gasteiger partial charge in [-0.15, -0.1) is 13.2 Å². The fourth-order valence-electron chi connectivity index (χ4n) is 4.14. The monoisotopic (exact) mass is 475 g/mol. The second-order valence-electron chi connectivity index (χ2n) is 7.84. The van der Waals surface area contributed by atoms with Gasteiger partial charge in [0.25, 0.3) is 5.91 Å². The summed E-state index contributed by atoms with van der Waals surface area (Å²) in [7, 11) is 1.67. The number of carbonyl (C=O) groups is 1. The fraction of sp³-hybridized carbons (Fsp3) is 0.286. The van der Waals surface area contributed by atoms with Gasteiger partial charge in [-0.05, 0) is 43.2 Å². The van der Waals surface area contributed by atoms with Gasteiger partial charge < -0.3 is 24.5 Å². The summed E-state index contributed by atoms with van der Waals surface area (Å²) in [4.78, 5) is 22.5. The number of phenols is 1. The van der Waals surface area contributed by atoms with Gasteiger partial charge in [0, 0.05) is 47.6 Å². The molecule has 3 heterocycles. The highest BCUT2D eigenvalue weighted by molar-refractivity contribution is 5.99. The van der Waals surface area contributed by atoms with Crippen molar-refractivity contribution in [2.45, 2.75) is 20.3 Å². The van der Waals surface area contributed by atoms with Gasteiger partial charge in [0.2, 0.25) is 0 Å². The Bertz CT molecular complexity index is 1240. The Hall–Kier alpha value is -3.84. The number of pyridine rings is 1. The van der Waals surface area contributed by atoms with E-state index in [1.165, 1.54) is 0 Å². The predicted molar refractivity (Wildman–Crippen MR) is 140 cm³/mol. The van der Waals surface area contributed by atoms with Crippen LogP contribution in [-0.2, 0) is 9.47 Å². The normalized spacial score (nSPS) is 14.4. The number of aromatic hydroxyl groups is 1. The summed E-state index contributed by atoms with van der Waals surface area (Å²) >= 11 is 0. The first kappa shape index (κ1) is 25.8. The van der Waals surface area contributed by atoms with Gasteiger partial charge in [0.1, 0.15) is 17.2 Å². The highest BCUT2D eigenvalue weighted by Crippen LogP contribution is 2.33. The van der Waals surface area contributed by atoms with Gasteiger partial charge in [0.05, 0.1) is 25.9 Å². The molecule has 7 nitrogen and oxygen atoms in total. The number of rotatable bonds is 6. The minimum atomic E-state index is -0.194. The molecule has 0 atom stereocenters. The topological polar surface area (TPSA) is 87.7 Å². The molecule has 0 bridgehead atoms. The first-order chi connectivity index (χ1) is 17.1. The van der Waals surface area contributed by atoms with Crippen LogP contribution in [0.2, 0.25) is 0 Å². The lowest BCUT2D eigenvalue weighted by Crippen LogP contribution is -2.40. The van der Waals surface area contributed by atoms with E-state index in [1.807, 2.05) is 19.2 Å². The average molecular weight is 476 g/mol. The van der Waals surface area contributed by atoms with Crippen molar-refractivity contribution in [2.75, 3.05) is 33.4 Å². The van der Waals surface area contributed by atoms with E-state index in [-0.39, 0.29) is 17.2 Å². The molecular weight excluding hydrogens is 442 g/mol. The number of amides is 1. The summed E-state index contributed by atoms with van der Waals surface area (Å²) in [5, 5.41) is 11.3. The van der Waals surface area contributed by atoms with E-state index in [4.69, 9.17) is 9.47 Å². The molecule has 1 aliphatic rings. The van der Waals surface area contributed by atoms with Crippen LogP contribution in [0.4, 0.5) is 0 Å². The van der Waals surface area contributed by atoms with Crippen molar-refractivity contribution in [3.8, 4) is 16.9 Å². The molecule has 1 aromatic carbocycles. The molecular formula is C28H33N3O4. The lowest BCUT2D eigenvalue weighted by atomic mass is 9.99. The van der Waals surface area contributed by atoms with E-state index < -0.39 is 0 Å². The molecule has 0 aliphatic carbocycles. The molecule has 1 aliphatic heterocycles. The lowest BCUT2D eigenvalue weighted by Gasteiger charge is -2.27. The number of fused-ring (bicyclic) bond motifs is 1. The van der Waals surface area contributed by atoms with Crippen LogP contribution in [0, 0.1) is 0 Å². The highest BCUT2D eigenvalue weighted by Gasteiger charge is 2.22. The minimum absolute atomic E-state index is 0.0300. The predicted octanol–water partition coefficient (Wildman–Crippen LogP) is 5.55. The van der Waals surface area contributed by atoms with Crippen LogP contribution in [0.15, 0.2) is 67.7 Å². The Morgan fingerprint density at radius 1 is 1.23 bits per heavy atom. The molecule has 3 aromatic rings. The first-order valence-electron chi connectivity index (χ1n) is 11.7. The summed E-state index contributed by atoms with van der Waals surface area (Å²) in [6.07, 6.45) is 8.65. The van der Waals surface area contributed by atoms with Crippen molar-refractivity contribution < 1.29 is 19.4 Å². The molecule has 1 saturated heterocycles. The highest BCUT2D eigenvalue weighted by atomic mass is 16.5. The summed E-state index contributed by atoms with van der Waals surface area (Å²) in [6.45, 7) is 12.1. The van der Waals surface area contributed by atoms with E-state index in [0.717, 1.165) is 45.5 Å². The van der Waals surface area contributed by atoms with Crippen LogP contribution in [-0.4, -0.2) is 59.3 Å². The SMILES string of the molecule is C/C=C(OC)\C(=C/CC)c1c[nH]c2ncc(-c3ccc(O)c(C(=O)N4CCOCC4)c3)cc12.C=C. The van der Waals surface area contributed by atoms with Crippen molar-refractivity contribution in [1.29, 1.82) is 0 Å². The summed E-state index contributed by atoms with van der Waals surface area (Å²) in [6, 6.07) is 7.15. The fourth-order valence-corrected chi connectivity index (χ4v) is 4.14. The molecule has 35 heavy (non-hydrogen) atoms. The van der Waals surface area contributed by atoms with Gasteiger partial charge in [-0.1, -0.05) is 19.1 Å². The number of hydrogen-bond acceptors (Lipinski definition) is 5. The molecule has 0 radical (unpaired) electrons. The van der Waals surface area contributed by atoms with Crippen LogP contribution < -0.4 is 0 Å². The van der Waals surface area contributed by atoms with E-state index in [9.17, 15) is 9.90 Å². The molecule has 0 unspecified atom stereocenters. The number of phenolic OH excluding ortho intramolecular Hbond substituents is 1. The Morgan fingerprint density at radius 2 is 1.97 bits per heavy atom. The quantitative estimate of drug-likeness (QED) is 0.277. The zero-order valence-corrected chi connectivity index (χ0v) is 20.6. The summed E-state index contributed by atoms with van der Waals surface area (Å²) in [5.41, 5.74) is 4.72. The van der Waals surface area contributed by atoms with Crippen LogP contribution >= 0.6 is 0 Å². The van der Waals surface area contributed by atoms with Crippen molar-refractivity contribution in [3.63, 3.8) is 0 Å². The first-order valence-corrected chi connectivity index (χ1v) is 11.7. The third-order valence-electron chi connectivity index (χ3n) is 5.84. The number of methoxy groups -OCH3 is 1. The van der Waals surface area contributed by atoms with Crippen molar-refractivity contribution in [3.05, 3.63) is 78.9 Å². The number of H-pyrrole nitrogens is 1. The van der Waals surface area contributed by atoms with Crippen molar-refractivity contribution in [2.24, 2.45) is 0 Å². The number of nitrogens with one attached hydrogen (secondary N) is 1. The molecule has 184 valence electrons. The smallest absolute Gasteiger partial charge is 0.257 e. The maximum atomic E-state index is 13.0. The van der Waals surface area contributed by atoms with Crippen molar-refractivity contribution in [1.82, 2.24) is 14.9 Å². The Balaban J connectivity index is 0.00000167. The van der Waals surface area contributed by atoms with E-state index >= 15 is 0 Å². The van der Waals surface area contributed by atoms with Gasteiger partial charge in [0.15, 0.2) is 0 Å². The number of benzene rings is 1. The van der Waals surface area contributed by atoms with Crippen LogP contribution in [0.25, 0.3) is 27.7 Å². The molecule has 4 rings (SSSR count). The number of allylic oxidation sites excluding steroid dienone is 3. The minimum Gasteiger partial charge on any atom is -0.507 e. The van der Waals surface area contributed by atoms with Gasteiger partial charge >= 0.3 is 0 Å². The van der Waals surface area contributed by atoms with E-state index in [0.29, 0.717) is 26.3 Å². The zero-order valence-electron chi connectivity index (χ0n) is 20.6. The second-order valence-corrected chi connectivity index (χ2v) is 7.84. The molecule has 7 heteroatoms. The molecule has 1 amide bonds. The third-order valence-corrected chi connectivity index (χ3v) is 5.84. The number of aromatic amines is 1. The van der Waals surface area contributed by atoms with Gasteiger partial charge in [-0.25, -0.2) is 4.98 Å². The van der Waals surface area contributed by atoms with Crippen molar-refractivity contribution >= 4 is 22.5 Å². The summed E-state index contributed by atoms with van der Waals surface area (Å²) < 4.78 is 10.9. The number of hydrogen-bond donors (Lipinski definition) is 2. The van der Waals surface area contributed by atoms with E-state index in [2.05, 4.69) is 42.2 Å². The Morgan fingerprint density at radius 3 is 2.63 bits per heavy atom. The number of morpholine rings is 1. The molecule has 0 spiro atoms. The number of ether oxygens (including phenoxy) is 2. The maximum absolute atomic E-state index is 13.0. The molecule has 0 saturated carbocycles. The molecule has 2 aromatic heterocycles. The summed E-state index contributed by atoms with van der Waals surface area (Å²) in [5.74, 6) is 0.573. The number of nitrogens with zero attached hydrogens (tertiary/aromatic N) is 2. The molecule has 2 N–H and O–H groups in total. The third kappa shape index (κ3) is 5.46. The maximum Gasteiger partial charge on any atom is 0.257 e. The molecule has 1 fully saturated rings. The van der Waals surface area contributed by atoms with E-state index in [1.54, 1.807) is 36.4 Å². The standard InChI is InChI=1S/C26H29N3O4.C2H4/c1-4-6-19(24(5-2)32-3)22-16-28-25-20(22)14-18(15-27-25)17-7-8-23(30)21(13-17)26(31)29-9-11-33-12-10-29;1-2/h5-8,13-16,30H,4,9-12H2,1-3H3,(H,27,28);1-2H2/b19-6-,24-5+;.